The van der Waals surface area contributed by atoms with Gasteiger partial charge in [-0.3, -0.25) is 0 Å². The van der Waals surface area contributed by atoms with Gasteiger partial charge in [-0.05, 0) is 6.29 Å². The van der Waals surface area contributed by atoms with Crippen LogP contribution in [0.3, 0.4) is 0 Å². The number of hydrogen-bond donors (Lipinski definition) is 0. The standard InChI is InChI=1S/C9H7O.C5H10.2CO.Fe/c10-8-4-7-9-5-2-1-3-6-9;1-2-4-5-3-1;2*1-2;/h1-7H;1-5H2;;;/q-1;;;;+2/b7-4+;;;;. The minimum absolute atomic E-state index is 0. The molecule has 4 heteroatoms. The average Bonchev–Trinajstić information content (AvgIpc) is 3.10. The SMILES string of the molecule is C1CCCC1.O=[C-]/C=C/c1ccccc1.[C-]#[O+].[C-]#[O+].[Fe+2]. The quantitative estimate of drug-likeness (QED) is 0.355. The fraction of sp³-hybridized carbons (Fsp3) is 0.312. The molecule has 0 spiro atoms. The van der Waals surface area contributed by atoms with Crippen molar-refractivity contribution in [3.63, 3.8) is 0 Å². The van der Waals surface area contributed by atoms with Crippen molar-refractivity contribution in [3.8, 4) is 0 Å². The fourth-order valence-corrected chi connectivity index (χ4v) is 1.58. The van der Waals surface area contributed by atoms with Gasteiger partial charge in [-0.15, -0.1) is 5.56 Å². The number of benzene rings is 1. The van der Waals surface area contributed by atoms with Crippen molar-refractivity contribution in [1.82, 2.24) is 0 Å². The summed E-state index contributed by atoms with van der Waals surface area (Å²) in [7, 11) is 0. The fourth-order valence-electron chi connectivity index (χ4n) is 1.58. The molecule has 0 bridgehead atoms. The normalized spacial score (nSPS) is 11.2. The zero-order chi connectivity index (χ0) is 14.8. The Balaban J connectivity index is -0.000000246. The Bertz CT molecular complexity index is 351. The van der Waals surface area contributed by atoms with E-state index in [1.807, 2.05) is 30.3 Å². The molecule has 3 nitrogen and oxygen atoms in total. The minimum Gasteiger partial charge on any atom is 2.00 e. The van der Waals surface area contributed by atoms with Crippen LogP contribution in [0.25, 0.3) is 6.08 Å². The van der Waals surface area contributed by atoms with Gasteiger partial charge < -0.3 is 4.79 Å². The van der Waals surface area contributed by atoms with Crippen molar-refractivity contribution >= 4 is 12.4 Å². The Morgan fingerprint density at radius 1 is 0.900 bits per heavy atom. The third-order valence-electron chi connectivity index (χ3n) is 2.39. The summed E-state index contributed by atoms with van der Waals surface area (Å²) in [5, 5.41) is 0. The number of carbonyl (C=O) groups excluding carboxylic acids is 1. The molecule has 1 saturated carbocycles. The first-order valence-electron chi connectivity index (χ1n) is 5.93. The third-order valence-corrected chi connectivity index (χ3v) is 2.39. The molecule has 0 atom stereocenters. The maximum atomic E-state index is 9.77. The largest absolute Gasteiger partial charge is 2.00 e. The molecule has 0 aromatic heterocycles. The van der Waals surface area contributed by atoms with Crippen LogP contribution < -0.4 is 0 Å². The van der Waals surface area contributed by atoms with Gasteiger partial charge in [-0.1, -0.05) is 62.4 Å². The molecule has 106 valence electrons. The van der Waals surface area contributed by atoms with Crippen LogP contribution in [0.1, 0.15) is 37.7 Å². The molecule has 0 aliphatic heterocycles. The van der Waals surface area contributed by atoms with E-state index in [1.54, 1.807) is 12.4 Å². The minimum atomic E-state index is 0. The summed E-state index contributed by atoms with van der Waals surface area (Å²) < 4.78 is 15.0. The van der Waals surface area contributed by atoms with Crippen molar-refractivity contribution < 1.29 is 31.2 Å². The van der Waals surface area contributed by atoms with Crippen LogP contribution >= 0.6 is 0 Å². The summed E-state index contributed by atoms with van der Waals surface area (Å²) in [6.45, 7) is 9.00. The van der Waals surface area contributed by atoms with Gasteiger partial charge >= 0.3 is 39.7 Å². The molecule has 0 heterocycles. The molecule has 0 amide bonds. The topological polar surface area (TPSA) is 56.9 Å². The van der Waals surface area contributed by atoms with Crippen molar-refractivity contribution in [1.29, 1.82) is 0 Å². The van der Waals surface area contributed by atoms with E-state index in [2.05, 4.69) is 13.3 Å². The third kappa shape index (κ3) is 16.6. The predicted molar refractivity (Wildman–Crippen MR) is 72.1 cm³/mol. The molecule has 2 rings (SSSR count). The molecule has 1 aromatic rings. The van der Waals surface area contributed by atoms with Crippen molar-refractivity contribution in [2.24, 2.45) is 0 Å². The summed E-state index contributed by atoms with van der Waals surface area (Å²) in [5.41, 5.74) is 1.02. The van der Waals surface area contributed by atoms with E-state index in [0.717, 1.165) is 5.56 Å². The second kappa shape index (κ2) is 22.8. The van der Waals surface area contributed by atoms with Gasteiger partial charge in [0.1, 0.15) is 0 Å². The maximum Gasteiger partial charge on any atom is 2.00 e. The van der Waals surface area contributed by atoms with E-state index in [9.17, 15) is 4.79 Å². The van der Waals surface area contributed by atoms with Gasteiger partial charge in [0.2, 0.25) is 0 Å². The molecule has 0 unspecified atom stereocenters. The van der Waals surface area contributed by atoms with Crippen LogP contribution in [-0.2, 0) is 31.2 Å². The van der Waals surface area contributed by atoms with E-state index in [1.165, 1.54) is 38.2 Å². The molecule has 1 aromatic carbocycles. The maximum absolute atomic E-state index is 9.77. The summed E-state index contributed by atoms with van der Waals surface area (Å²) in [5.74, 6) is 0. The molecule has 1 aliphatic carbocycles. The van der Waals surface area contributed by atoms with E-state index in [-0.39, 0.29) is 17.1 Å². The second-order valence-electron chi connectivity index (χ2n) is 3.63. The molecule has 0 saturated heterocycles. The molecule has 1 fully saturated rings. The van der Waals surface area contributed by atoms with Crippen LogP contribution in [0.5, 0.6) is 0 Å². The van der Waals surface area contributed by atoms with E-state index >= 15 is 0 Å². The number of hydrogen-bond acceptors (Lipinski definition) is 1. The smallest absolute Gasteiger partial charge is 2.00 e. The Kier molecular flexibility index (Phi) is 27.0. The van der Waals surface area contributed by atoms with Gasteiger partial charge in [0.05, 0.1) is 0 Å². The molecular weight excluding hydrogens is 296 g/mol. The zero-order valence-electron chi connectivity index (χ0n) is 11.2. The zero-order valence-corrected chi connectivity index (χ0v) is 12.3. The second-order valence-corrected chi connectivity index (χ2v) is 3.63. The monoisotopic (exact) mass is 313 g/mol. The molecular formula is C16H17FeO3+. The van der Waals surface area contributed by atoms with Gasteiger partial charge in [0, 0.05) is 0 Å². The number of rotatable bonds is 2. The molecule has 0 radical (unpaired) electrons. The van der Waals surface area contributed by atoms with Gasteiger partial charge in [0.15, 0.2) is 0 Å². The van der Waals surface area contributed by atoms with Crippen molar-refractivity contribution in [2.75, 3.05) is 0 Å². The number of allylic oxidation sites excluding steroid dienone is 1. The first-order chi connectivity index (χ1) is 9.43. The summed E-state index contributed by atoms with van der Waals surface area (Å²) in [6, 6.07) is 9.62. The average molecular weight is 313 g/mol. The van der Waals surface area contributed by atoms with Crippen LogP contribution in [0.15, 0.2) is 36.4 Å². The molecule has 0 N–H and O–H groups in total. The van der Waals surface area contributed by atoms with Crippen LogP contribution in [0.4, 0.5) is 0 Å². The van der Waals surface area contributed by atoms with Crippen molar-refractivity contribution in [2.45, 2.75) is 32.1 Å². The summed E-state index contributed by atoms with van der Waals surface area (Å²) >= 11 is 0. The van der Waals surface area contributed by atoms with Crippen molar-refractivity contribution in [3.05, 3.63) is 55.3 Å². The Hall–Kier alpha value is -1.37. The summed E-state index contributed by atoms with van der Waals surface area (Å²) in [4.78, 5) is 9.77. The Labute approximate surface area is 131 Å². The first kappa shape index (κ1) is 23.7. The molecule has 20 heavy (non-hydrogen) atoms. The van der Waals surface area contributed by atoms with Crippen LogP contribution in [0, 0.1) is 13.3 Å². The van der Waals surface area contributed by atoms with E-state index < -0.39 is 0 Å². The Morgan fingerprint density at radius 2 is 1.30 bits per heavy atom. The van der Waals surface area contributed by atoms with E-state index in [4.69, 9.17) is 9.30 Å². The van der Waals surface area contributed by atoms with Crippen LogP contribution in [0.2, 0.25) is 0 Å². The summed E-state index contributed by atoms with van der Waals surface area (Å²) in [6.07, 6.45) is 12.3. The van der Waals surface area contributed by atoms with E-state index in [0.29, 0.717) is 0 Å². The van der Waals surface area contributed by atoms with Gasteiger partial charge in [-0.2, -0.15) is 6.08 Å². The van der Waals surface area contributed by atoms with Gasteiger partial charge in [-0.25, -0.2) is 6.08 Å². The van der Waals surface area contributed by atoms with Gasteiger partial charge in [0.25, 0.3) is 0 Å². The first-order valence-corrected chi connectivity index (χ1v) is 5.93. The Morgan fingerprint density at radius 3 is 1.65 bits per heavy atom. The van der Waals surface area contributed by atoms with Crippen LogP contribution in [-0.4, -0.2) is 6.29 Å². The molecule has 1 aliphatic rings. The predicted octanol–water partition coefficient (Wildman–Crippen LogP) is 3.68.